The minimum atomic E-state index is -4.12. The SMILES string of the molecule is COc1ccc(NS(=O)(=O)c2cc(N3C(=O)CCCC3=O)ccc2OC)cc1OC. The summed E-state index contributed by atoms with van der Waals surface area (Å²) >= 11 is 0. The number of piperidine rings is 1. The molecule has 1 aliphatic heterocycles. The molecule has 0 saturated carbocycles. The average molecular weight is 434 g/mol. The Morgan fingerprint density at radius 3 is 2.03 bits per heavy atom. The third-order valence-corrected chi connectivity index (χ3v) is 6.01. The zero-order chi connectivity index (χ0) is 21.9. The number of carbonyl (C=O) groups excluding carboxylic acids is 2. The van der Waals surface area contributed by atoms with Gasteiger partial charge in [-0.2, -0.15) is 0 Å². The molecule has 2 amide bonds. The number of ether oxygens (including phenoxy) is 3. The molecule has 1 aliphatic rings. The molecule has 0 radical (unpaired) electrons. The number of benzene rings is 2. The molecule has 30 heavy (non-hydrogen) atoms. The van der Waals surface area contributed by atoms with Crippen LogP contribution in [0.15, 0.2) is 41.3 Å². The van der Waals surface area contributed by atoms with Crippen molar-refractivity contribution in [2.24, 2.45) is 0 Å². The smallest absolute Gasteiger partial charge is 0.265 e. The van der Waals surface area contributed by atoms with E-state index in [-0.39, 0.29) is 46.7 Å². The van der Waals surface area contributed by atoms with Gasteiger partial charge in [0, 0.05) is 18.9 Å². The Balaban J connectivity index is 2.00. The van der Waals surface area contributed by atoms with Gasteiger partial charge in [0.25, 0.3) is 10.0 Å². The molecule has 1 N–H and O–H groups in total. The van der Waals surface area contributed by atoms with Gasteiger partial charge in [-0.05, 0) is 36.8 Å². The number of carbonyl (C=O) groups is 2. The molecule has 0 bridgehead atoms. The number of imide groups is 1. The van der Waals surface area contributed by atoms with Crippen molar-refractivity contribution in [2.45, 2.75) is 24.2 Å². The van der Waals surface area contributed by atoms with E-state index in [1.807, 2.05) is 0 Å². The Morgan fingerprint density at radius 1 is 0.833 bits per heavy atom. The molecule has 0 aliphatic carbocycles. The first kappa shape index (κ1) is 21.4. The molecule has 3 rings (SSSR count). The molecule has 160 valence electrons. The highest BCUT2D eigenvalue weighted by Crippen LogP contribution is 2.34. The van der Waals surface area contributed by atoms with E-state index in [0.29, 0.717) is 17.9 Å². The third kappa shape index (κ3) is 4.18. The van der Waals surface area contributed by atoms with Crippen LogP contribution in [0, 0.1) is 0 Å². The van der Waals surface area contributed by atoms with E-state index in [2.05, 4.69) is 4.72 Å². The van der Waals surface area contributed by atoms with Gasteiger partial charge < -0.3 is 14.2 Å². The van der Waals surface area contributed by atoms with E-state index >= 15 is 0 Å². The summed E-state index contributed by atoms with van der Waals surface area (Å²) in [6.07, 6.45) is 0.934. The molecule has 10 heteroatoms. The fraction of sp³-hybridized carbons (Fsp3) is 0.300. The minimum absolute atomic E-state index is 0.0728. The molecule has 0 unspecified atom stereocenters. The van der Waals surface area contributed by atoms with E-state index in [9.17, 15) is 18.0 Å². The molecule has 9 nitrogen and oxygen atoms in total. The number of nitrogens with zero attached hydrogens (tertiary/aromatic N) is 1. The monoisotopic (exact) mass is 434 g/mol. The van der Waals surface area contributed by atoms with Gasteiger partial charge in [-0.3, -0.25) is 19.2 Å². The molecule has 1 heterocycles. The first-order chi connectivity index (χ1) is 14.3. The molecule has 1 fully saturated rings. The fourth-order valence-electron chi connectivity index (χ4n) is 3.17. The maximum atomic E-state index is 13.1. The van der Waals surface area contributed by atoms with Crippen LogP contribution in [-0.2, 0) is 19.6 Å². The summed E-state index contributed by atoms with van der Waals surface area (Å²) in [6, 6.07) is 8.71. The van der Waals surface area contributed by atoms with Crippen LogP contribution in [0.2, 0.25) is 0 Å². The highest BCUT2D eigenvalue weighted by molar-refractivity contribution is 7.92. The Hall–Kier alpha value is -3.27. The molecule has 2 aromatic rings. The first-order valence-electron chi connectivity index (χ1n) is 9.09. The fourth-order valence-corrected chi connectivity index (χ4v) is 4.41. The van der Waals surface area contributed by atoms with E-state index < -0.39 is 10.0 Å². The normalized spacial score (nSPS) is 14.4. The van der Waals surface area contributed by atoms with Crippen molar-refractivity contribution >= 4 is 33.2 Å². The Bertz CT molecular complexity index is 1070. The Morgan fingerprint density at radius 2 is 1.43 bits per heavy atom. The van der Waals surface area contributed by atoms with Crippen molar-refractivity contribution in [3.63, 3.8) is 0 Å². The summed E-state index contributed by atoms with van der Waals surface area (Å²) in [5.41, 5.74) is 0.420. The number of nitrogens with one attached hydrogen (secondary N) is 1. The molecular formula is C20H22N2O7S. The first-order valence-corrected chi connectivity index (χ1v) is 10.6. The zero-order valence-electron chi connectivity index (χ0n) is 16.8. The highest BCUT2D eigenvalue weighted by atomic mass is 32.2. The summed E-state index contributed by atoms with van der Waals surface area (Å²) in [7, 11) is 0.131. The number of hydrogen-bond acceptors (Lipinski definition) is 7. The maximum absolute atomic E-state index is 13.1. The molecule has 2 aromatic carbocycles. The minimum Gasteiger partial charge on any atom is -0.495 e. The van der Waals surface area contributed by atoms with Crippen LogP contribution in [0.4, 0.5) is 11.4 Å². The van der Waals surface area contributed by atoms with Gasteiger partial charge in [-0.25, -0.2) is 8.42 Å². The summed E-state index contributed by atoms with van der Waals surface area (Å²) < 4.78 is 44.2. The highest BCUT2D eigenvalue weighted by Gasteiger charge is 2.30. The molecule has 0 aromatic heterocycles. The zero-order valence-corrected chi connectivity index (χ0v) is 17.6. The summed E-state index contributed by atoms with van der Waals surface area (Å²) in [4.78, 5) is 25.3. The standard InChI is InChI=1S/C20H22N2O7S/c1-27-15-9-7-13(11-17(15)29-3)21-30(25,26)18-12-14(8-10-16(18)28-2)22-19(23)5-4-6-20(22)24/h7-12,21H,4-6H2,1-3H3. The van der Waals surface area contributed by atoms with Gasteiger partial charge in [-0.15, -0.1) is 0 Å². The maximum Gasteiger partial charge on any atom is 0.265 e. The van der Waals surface area contributed by atoms with Crippen molar-refractivity contribution < 1.29 is 32.2 Å². The van der Waals surface area contributed by atoms with Crippen LogP contribution in [0.3, 0.4) is 0 Å². The molecule has 1 saturated heterocycles. The van der Waals surface area contributed by atoms with E-state index in [1.54, 1.807) is 6.07 Å². The molecule has 0 atom stereocenters. The van der Waals surface area contributed by atoms with Crippen LogP contribution in [0.25, 0.3) is 0 Å². The Kier molecular flexibility index (Phi) is 6.16. The number of anilines is 2. The van der Waals surface area contributed by atoms with Gasteiger partial charge in [0.1, 0.15) is 10.6 Å². The van der Waals surface area contributed by atoms with Crippen LogP contribution in [0.5, 0.6) is 17.2 Å². The van der Waals surface area contributed by atoms with Crippen molar-refractivity contribution in [1.82, 2.24) is 0 Å². The quantitative estimate of drug-likeness (QED) is 0.667. The number of amides is 2. The van der Waals surface area contributed by atoms with Crippen LogP contribution < -0.4 is 23.8 Å². The van der Waals surface area contributed by atoms with Crippen LogP contribution >= 0.6 is 0 Å². The molecule has 0 spiro atoms. The second kappa shape index (κ2) is 8.62. The van der Waals surface area contributed by atoms with Gasteiger partial charge in [-0.1, -0.05) is 0 Å². The predicted molar refractivity (Wildman–Crippen MR) is 110 cm³/mol. The van der Waals surface area contributed by atoms with E-state index in [1.165, 1.54) is 51.7 Å². The third-order valence-electron chi connectivity index (χ3n) is 4.61. The molecular weight excluding hydrogens is 412 g/mol. The van der Waals surface area contributed by atoms with Crippen molar-refractivity contribution in [3.8, 4) is 17.2 Å². The Labute approximate surface area is 174 Å². The second-order valence-corrected chi connectivity index (χ2v) is 8.14. The van der Waals surface area contributed by atoms with Gasteiger partial charge >= 0.3 is 0 Å². The topological polar surface area (TPSA) is 111 Å². The number of hydrogen-bond donors (Lipinski definition) is 1. The lowest BCUT2D eigenvalue weighted by atomic mass is 10.1. The van der Waals surface area contributed by atoms with Crippen molar-refractivity contribution in [2.75, 3.05) is 31.0 Å². The lowest BCUT2D eigenvalue weighted by Crippen LogP contribution is -2.40. The predicted octanol–water partition coefficient (Wildman–Crippen LogP) is 2.56. The summed E-state index contributed by atoms with van der Waals surface area (Å²) in [6.45, 7) is 0. The summed E-state index contributed by atoms with van der Waals surface area (Å²) in [5, 5.41) is 0. The second-order valence-electron chi connectivity index (χ2n) is 6.49. The van der Waals surface area contributed by atoms with Crippen LogP contribution in [0.1, 0.15) is 19.3 Å². The van der Waals surface area contributed by atoms with Gasteiger partial charge in [0.2, 0.25) is 11.8 Å². The van der Waals surface area contributed by atoms with Gasteiger partial charge in [0.15, 0.2) is 11.5 Å². The summed E-state index contributed by atoms with van der Waals surface area (Å²) in [5.74, 6) is 0.133. The van der Waals surface area contributed by atoms with Gasteiger partial charge in [0.05, 0.1) is 32.7 Å². The number of rotatable bonds is 7. The number of methoxy groups -OCH3 is 3. The lowest BCUT2D eigenvalue weighted by molar-refractivity contribution is -0.129. The number of sulfonamides is 1. The average Bonchev–Trinajstić information content (AvgIpc) is 2.73. The van der Waals surface area contributed by atoms with Crippen LogP contribution in [-0.4, -0.2) is 41.6 Å². The van der Waals surface area contributed by atoms with Crippen molar-refractivity contribution in [1.29, 1.82) is 0 Å². The van der Waals surface area contributed by atoms with E-state index in [0.717, 1.165) is 4.90 Å². The van der Waals surface area contributed by atoms with E-state index in [4.69, 9.17) is 14.2 Å². The largest absolute Gasteiger partial charge is 0.495 e. The van der Waals surface area contributed by atoms with Crippen molar-refractivity contribution in [3.05, 3.63) is 36.4 Å². The lowest BCUT2D eigenvalue weighted by Gasteiger charge is -2.25.